The minimum Gasteiger partial charge on any atom is -0.355 e. The molecule has 9 heteroatoms. The summed E-state index contributed by atoms with van der Waals surface area (Å²) in [5.41, 5.74) is 18.5. The van der Waals surface area contributed by atoms with Gasteiger partial charge in [0.15, 0.2) is 0 Å². The Bertz CT molecular complexity index is 7040. The summed E-state index contributed by atoms with van der Waals surface area (Å²) in [6, 6.07) is 117. The number of nitrogens with one attached hydrogen (secondary N) is 1. The van der Waals surface area contributed by atoms with Gasteiger partial charge >= 0.3 is 0 Å². The molecule has 0 fully saturated rings. The lowest BCUT2D eigenvalue weighted by atomic mass is 9.98. The lowest BCUT2D eigenvalue weighted by Gasteiger charge is -2.12. The van der Waals surface area contributed by atoms with Crippen LogP contribution in [0.4, 0.5) is 0 Å². The number of benzene rings is 16. The van der Waals surface area contributed by atoms with Crippen LogP contribution in [0, 0.1) is 0 Å². The second-order valence-electron chi connectivity index (χ2n) is 25.9. The maximum absolute atomic E-state index is 5.95. The molecule has 1 N–H and O–H groups in total. The van der Waals surface area contributed by atoms with Crippen molar-refractivity contribution in [3.8, 4) is 39.6 Å². The molecule has 22 rings (SSSR count). The van der Waals surface area contributed by atoms with Gasteiger partial charge in [0.05, 0.1) is 44.1 Å². The van der Waals surface area contributed by atoms with Crippen LogP contribution in [0.15, 0.2) is 340 Å². The average Bonchev–Trinajstić information content (AvgIpc) is 1.45. The molecule has 0 aliphatic heterocycles. The highest BCUT2D eigenvalue weighted by Crippen LogP contribution is 2.42. The third kappa shape index (κ3) is 9.45. The van der Waals surface area contributed by atoms with Gasteiger partial charge < -0.3 is 14.1 Å². The number of hydrogen-bond acceptors (Lipinski definition) is 4. The van der Waals surface area contributed by atoms with Crippen molar-refractivity contribution < 1.29 is 0 Å². The van der Waals surface area contributed by atoms with Crippen LogP contribution in [0.2, 0.25) is 5.28 Å². The molecule has 22 aromatic rings. The molecule has 0 saturated carbocycles. The number of nitrogens with zero attached hydrogens (tertiary/aromatic N) is 7. The molecule has 0 spiro atoms. The highest BCUT2D eigenvalue weighted by molar-refractivity contribution is 6.30. The largest absolute Gasteiger partial charge is 0.355 e. The second-order valence-corrected chi connectivity index (χ2v) is 26.2. The van der Waals surface area contributed by atoms with E-state index >= 15 is 0 Å². The van der Waals surface area contributed by atoms with E-state index in [0.29, 0.717) is 5.95 Å². The van der Waals surface area contributed by atoms with Crippen molar-refractivity contribution in [2.45, 2.75) is 0 Å². The van der Waals surface area contributed by atoms with Crippen LogP contribution in [-0.2, 0) is 0 Å². The molecule has 0 radical (unpaired) electrons. The fourth-order valence-electron chi connectivity index (χ4n) is 15.8. The lowest BCUT2D eigenvalue weighted by molar-refractivity contribution is 1.01. The summed E-state index contributed by atoms with van der Waals surface area (Å²) in [7, 11) is 0. The molecule has 0 amide bonds. The van der Waals surface area contributed by atoms with Crippen molar-refractivity contribution in [2.24, 2.45) is 0 Å². The van der Waals surface area contributed by atoms with Crippen LogP contribution >= 0.6 is 11.6 Å². The van der Waals surface area contributed by atoms with Gasteiger partial charge in [-0.25, -0.2) is 19.9 Å². The van der Waals surface area contributed by atoms with Crippen LogP contribution in [0.25, 0.3) is 192 Å². The zero-order valence-electron chi connectivity index (χ0n) is 54.3. The summed E-state index contributed by atoms with van der Waals surface area (Å²) in [4.78, 5) is 22.4. The van der Waals surface area contributed by atoms with Gasteiger partial charge in [0.2, 0.25) is 11.2 Å². The maximum atomic E-state index is 5.95. The number of halogens is 1. The molecular weight excluding hydrogens is 1250 g/mol. The van der Waals surface area contributed by atoms with Gasteiger partial charge in [-0.15, -0.1) is 0 Å². The Hall–Kier alpha value is -13.3. The highest BCUT2D eigenvalue weighted by atomic mass is 35.5. The normalized spacial score (nSPS) is 11.8. The van der Waals surface area contributed by atoms with Crippen molar-refractivity contribution in [3.05, 3.63) is 345 Å². The third-order valence-electron chi connectivity index (χ3n) is 20.3. The molecule has 0 aliphatic carbocycles. The lowest BCUT2D eigenvalue weighted by Crippen LogP contribution is -2.01. The summed E-state index contributed by atoms with van der Waals surface area (Å²) in [5, 5.41) is 21.8. The van der Waals surface area contributed by atoms with E-state index in [-0.39, 0.29) is 5.28 Å². The molecule has 0 bridgehead atoms. The van der Waals surface area contributed by atoms with E-state index in [1.54, 1.807) is 6.20 Å². The minimum atomic E-state index is 0.285. The van der Waals surface area contributed by atoms with E-state index in [1.165, 1.54) is 131 Å². The summed E-state index contributed by atoms with van der Waals surface area (Å²) < 4.78 is 6.94. The summed E-state index contributed by atoms with van der Waals surface area (Å²) in [6.45, 7) is 0. The minimum absolute atomic E-state index is 0.285. The van der Waals surface area contributed by atoms with Gasteiger partial charge in [-0.1, -0.05) is 231 Å². The van der Waals surface area contributed by atoms with Crippen LogP contribution < -0.4 is 0 Å². The monoisotopic (exact) mass is 1310 g/mol. The van der Waals surface area contributed by atoms with Crippen molar-refractivity contribution in [1.29, 1.82) is 0 Å². The van der Waals surface area contributed by atoms with E-state index in [9.17, 15) is 0 Å². The first-order valence-electron chi connectivity index (χ1n) is 34.0. The predicted molar refractivity (Wildman–Crippen MR) is 424 cm³/mol. The molecule has 6 aromatic heterocycles. The molecular formula is C92H57ClN8. The Morgan fingerprint density at radius 2 is 0.545 bits per heavy atom. The van der Waals surface area contributed by atoms with Gasteiger partial charge in [0, 0.05) is 99.4 Å². The number of aromatic amines is 1. The molecule has 0 unspecified atom stereocenters. The van der Waals surface area contributed by atoms with Crippen molar-refractivity contribution in [3.63, 3.8) is 0 Å². The molecule has 0 saturated heterocycles. The predicted octanol–water partition coefficient (Wildman–Crippen LogP) is 24.5. The molecule has 16 aromatic carbocycles. The molecule has 472 valence electrons. The highest BCUT2D eigenvalue weighted by Gasteiger charge is 2.21. The first kappa shape index (κ1) is 57.9. The SMILES string of the molecule is Clc1ncc2c3ccccc3c3ccccc3c2n1.c1ccc(-n2c3ccccc3c3cc(-c4ccc5[nH]c6ccccc6c5c4)ccc32)cc1.c1ccc(-n2c3ccccc3c3cc(-c4ccc5c(c4)c4ccccc4n5-c4ncc5c6ccccc6c6ccccc6c5n4)ccc32)cc1. The zero-order chi connectivity index (χ0) is 66.7. The summed E-state index contributed by atoms with van der Waals surface area (Å²) in [5.74, 6) is 0.673. The Kier molecular flexibility index (Phi) is 13.5. The molecule has 6 heterocycles. The standard InChI is InChI=1S/C46H28N4.C30H20N2.C16H9ClN2/c1-2-12-31(13-3-1)49-41-20-10-8-17-35(41)38-26-29(22-24-43(38)49)30-23-25-44-39(27-30)36-18-9-11-21-42(36)50(44)46-47-28-40-34-16-5-4-14-32(34)33-15-6-7-19-37(33)45(40)48-46;1-2-8-22(9-3-1)32-29-13-7-5-11-24(29)26-19-21(15-17-30(26)32)20-14-16-28-25(18-20)23-10-4-6-12-27(23)31-28;17-16-18-9-14-12-7-2-1-5-10(12)11-6-3-4-8-13(11)15(14)19-16/h1-28H;1-19,31H;1-9H. The fourth-order valence-corrected chi connectivity index (χ4v) is 15.9. The quantitative estimate of drug-likeness (QED) is 0.137. The van der Waals surface area contributed by atoms with E-state index < -0.39 is 0 Å². The number of fused-ring (bicyclic) bond motifs is 24. The molecule has 101 heavy (non-hydrogen) atoms. The Balaban J connectivity index is 0.000000114. The summed E-state index contributed by atoms with van der Waals surface area (Å²) in [6.07, 6.45) is 3.81. The molecule has 8 nitrogen and oxygen atoms in total. The van der Waals surface area contributed by atoms with Gasteiger partial charge in [0.25, 0.3) is 0 Å². The number of aromatic nitrogens is 8. The topological polar surface area (TPSA) is 82.1 Å². The average molecular weight is 1310 g/mol. The van der Waals surface area contributed by atoms with Crippen molar-refractivity contribution in [2.75, 3.05) is 0 Å². The Morgan fingerprint density at radius 1 is 0.228 bits per heavy atom. The number of para-hydroxylation sites is 6. The van der Waals surface area contributed by atoms with Gasteiger partial charge in [-0.05, 0) is 163 Å². The van der Waals surface area contributed by atoms with Crippen LogP contribution in [0.5, 0.6) is 0 Å². The molecule has 0 aliphatic rings. The molecule has 0 atom stereocenters. The van der Waals surface area contributed by atoms with Gasteiger partial charge in [0.1, 0.15) is 0 Å². The summed E-state index contributed by atoms with van der Waals surface area (Å²) >= 11 is 5.95. The fraction of sp³-hybridized carbons (Fsp3) is 0. The maximum Gasteiger partial charge on any atom is 0.235 e. The Morgan fingerprint density at radius 3 is 1.02 bits per heavy atom. The first-order chi connectivity index (χ1) is 50.0. The van der Waals surface area contributed by atoms with Crippen LogP contribution in [0.3, 0.4) is 0 Å². The van der Waals surface area contributed by atoms with E-state index in [0.717, 1.165) is 54.7 Å². The third-order valence-corrected chi connectivity index (χ3v) is 20.5. The van der Waals surface area contributed by atoms with E-state index in [2.05, 4.69) is 338 Å². The number of H-pyrrole nitrogens is 1. The number of hydrogen-bond donors (Lipinski definition) is 1. The van der Waals surface area contributed by atoms with E-state index in [1.807, 2.05) is 24.4 Å². The van der Waals surface area contributed by atoms with Gasteiger partial charge in [-0.2, -0.15) is 0 Å². The smallest absolute Gasteiger partial charge is 0.235 e. The van der Waals surface area contributed by atoms with Crippen LogP contribution in [0.1, 0.15) is 0 Å². The Labute approximate surface area is 583 Å². The van der Waals surface area contributed by atoms with Gasteiger partial charge in [-0.3, -0.25) is 4.57 Å². The number of rotatable bonds is 5. The van der Waals surface area contributed by atoms with Crippen LogP contribution in [-0.4, -0.2) is 38.6 Å². The van der Waals surface area contributed by atoms with Crippen molar-refractivity contribution >= 4 is 164 Å². The van der Waals surface area contributed by atoms with Crippen molar-refractivity contribution in [1.82, 2.24) is 38.6 Å². The second kappa shape index (κ2) is 23.5. The first-order valence-corrected chi connectivity index (χ1v) is 34.4. The zero-order valence-corrected chi connectivity index (χ0v) is 55.1. The van der Waals surface area contributed by atoms with E-state index in [4.69, 9.17) is 21.6 Å².